The highest BCUT2D eigenvalue weighted by Crippen LogP contribution is 2.25. The maximum Gasteiger partial charge on any atom is 0.488 e. The maximum absolute atomic E-state index is 12.7. The van der Waals surface area contributed by atoms with Crippen LogP contribution in [0, 0.1) is 18.4 Å². The van der Waals surface area contributed by atoms with Crippen molar-refractivity contribution in [1.29, 1.82) is 0 Å². The van der Waals surface area contributed by atoms with Crippen molar-refractivity contribution in [2.75, 3.05) is 0 Å². The van der Waals surface area contributed by atoms with E-state index < -0.39 is 24.5 Å². The minimum absolute atomic E-state index is 0.223. The summed E-state index contributed by atoms with van der Waals surface area (Å²) in [4.78, 5) is 11.0. The molecule has 0 radical (unpaired) electrons. The Labute approximate surface area is 124 Å². The van der Waals surface area contributed by atoms with Gasteiger partial charge < -0.3 is 9.29 Å². The molecule has 0 aromatic heterocycles. The minimum Gasteiger partial charge on any atom is -0.478 e. The molecule has 0 saturated heterocycles. The van der Waals surface area contributed by atoms with Gasteiger partial charge in [0.2, 0.25) is 0 Å². The molecule has 0 spiro atoms. The van der Waals surface area contributed by atoms with E-state index in [1.54, 1.807) is 0 Å². The van der Waals surface area contributed by atoms with Crippen LogP contribution in [-0.2, 0) is 10.5 Å². The minimum atomic E-state index is -5.23. The van der Waals surface area contributed by atoms with E-state index in [1.165, 1.54) is 13.0 Å². The number of hydrogen-bond donors (Lipinski definition) is 1. The fraction of sp³-hybridized carbons (Fsp3) is 0.308. The predicted molar refractivity (Wildman–Crippen MR) is 79.0 cm³/mol. The zero-order chi connectivity index (χ0) is 16.4. The zero-order valence-corrected chi connectivity index (χ0v) is 13.8. The number of carboxylic acids is 1. The highest BCUT2D eigenvalue weighted by atomic mass is 32.3. The van der Waals surface area contributed by atoms with Crippen LogP contribution in [0.5, 0.6) is 5.75 Å². The van der Waals surface area contributed by atoms with Crippen molar-refractivity contribution >= 4 is 24.5 Å². The second-order valence-electron chi connectivity index (χ2n) is 5.43. The molecule has 114 valence electrons. The molecular weight excluding hydrogens is 315 g/mol. The van der Waals surface area contributed by atoms with Gasteiger partial charge in [0.15, 0.2) is 0 Å². The SMILES string of the molecule is Cc1c(C#C[Si](C)(C)C)cc(C(=O)O)cc1OS(=O)(=O)F. The molecule has 0 fully saturated rings. The second kappa shape index (κ2) is 5.87. The van der Waals surface area contributed by atoms with Gasteiger partial charge in [0, 0.05) is 11.1 Å². The molecule has 1 rings (SSSR count). The Morgan fingerprint density at radius 1 is 1.33 bits per heavy atom. The van der Waals surface area contributed by atoms with Gasteiger partial charge in [-0.05, 0) is 19.1 Å². The molecule has 0 aliphatic heterocycles. The van der Waals surface area contributed by atoms with Crippen LogP contribution < -0.4 is 4.18 Å². The van der Waals surface area contributed by atoms with Crippen LogP contribution in [0.2, 0.25) is 19.6 Å². The molecule has 0 atom stereocenters. The van der Waals surface area contributed by atoms with Crippen molar-refractivity contribution in [1.82, 2.24) is 0 Å². The lowest BCUT2D eigenvalue weighted by molar-refractivity contribution is 0.0696. The van der Waals surface area contributed by atoms with Crippen LogP contribution in [0.15, 0.2) is 12.1 Å². The smallest absolute Gasteiger partial charge is 0.478 e. The number of rotatable bonds is 3. The molecule has 1 aromatic carbocycles. The Balaban J connectivity index is 3.49. The van der Waals surface area contributed by atoms with Gasteiger partial charge in [0.1, 0.15) is 13.8 Å². The summed E-state index contributed by atoms with van der Waals surface area (Å²) in [6, 6.07) is 2.26. The Bertz CT molecular complexity index is 738. The lowest BCUT2D eigenvalue weighted by Gasteiger charge is -2.09. The molecule has 8 heteroatoms. The van der Waals surface area contributed by atoms with Gasteiger partial charge in [-0.2, -0.15) is 8.42 Å². The Morgan fingerprint density at radius 2 is 1.90 bits per heavy atom. The fourth-order valence-corrected chi connectivity index (χ4v) is 2.29. The third-order valence-corrected chi connectivity index (χ3v) is 3.62. The molecule has 0 saturated carbocycles. The van der Waals surface area contributed by atoms with E-state index in [0.29, 0.717) is 5.56 Å². The van der Waals surface area contributed by atoms with Gasteiger partial charge in [0.05, 0.1) is 5.56 Å². The molecule has 0 heterocycles. The maximum atomic E-state index is 12.7. The van der Waals surface area contributed by atoms with Crippen molar-refractivity contribution < 1.29 is 26.4 Å². The normalized spacial score (nSPS) is 11.5. The standard InChI is InChI=1S/C13H15FO5SSi/c1-9-10(5-6-21(2,3)4)7-11(13(15)16)8-12(9)19-20(14,17)18/h7-8H,1-4H3,(H,15,16). The number of carboxylic acid groups (broad SMARTS) is 1. The molecule has 0 aliphatic carbocycles. The summed E-state index contributed by atoms with van der Waals surface area (Å²) in [5.74, 6) is 1.16. The molecule has 0 bridgehead atoms. The summed E-state index contributed by atoms with van der Waals surface area (Å²) in [7, 11) is -6.95. The van der Waals surface area contributed by atoms with Crippen molar-refractivity contribution in [3.63, 3.8) is 0 Å². The number of carbonyl (C=O) groups is 1. The highest BCUT2D eigenvalue weighted by molar-refractivity contribution is 7.81. The van der Waals surface area contributed by atoms with E-state index in [-0.39, 0.29) is 16.9 Å². The molecule has 21 heavy (non-hydrogen) atoms. The first-order valence-corrected chi connectivity index (χ1v) is 10.7. The summed E-state index contributed by atoms with van der Waals surface area (Å²) in [5.41, 5.74) is 3.38. The van der Waals surface area contributed by atoms with Crippen LogP contribution in [-0.4, -0.2) is 27.6 Å². The highest BCUT2D eigenvalue weighted by Gasteiger charge is 2.17. The third-order valence-electron chi connectivity index (χ3n) is 2.37. The quantitative estimate of drug-likeness (QED) is 0.523. The van der Waals surface area contributed by atoms with E-state index in [1.807, 2.05) is 19.6 Å². The van der Waals surface area contributed by atoms with Gasteiger partial charge >= 0.3 is 16.5 Å². The largest absolute Gasteiger partial charge is 0.488 e. The van der Waals surface area contributed by atoms with E-state index in [9.17, 15) is 17.1 Å². The van der Waals surface area contributed by atoms with Gasteiger partial charge in [-0.3, -0.25) is 0 Å². The summed E-state index contributed by atoms with van der Waals surface area (Å²) in [5, 5.41) is 9.01. The second-order valence-corrected chi connectivity index (χ2v) is 11.1. The van der Waals surface area contributed by atoms with Crippen molar-refractivity contribution in [3.8, 4) is 17.2 Å². The van der Waals surface area contributed by atoms with Gasteiger partial charge in [-0.25, -0.2) is 4.79 Å². The molecule has 0 aliphatic rings. The molecule has 1 aromatic rings. The van der Waals surface area contributed by atoms with E-state index >= 15 is 0 Å². The Hall–Kier alpha value is -1.85. The first kappa shape index (κ1) is 17.2. The Morgan fingerprint density at radius 3 is 2.33 bits per heavy atom. The molecular formula is C13H15FO5SSi. The lowest BCUT2D eigenvalue weighted by atomic mass is 10.0. The van der Waals surface area contributed by atoms with Gasteiger partial charge in [0.25, 0.3) is 0 Å². The molecule has 1 N–H and O–H groups in total. The average molecular weight is 330 g/mol. The van der Waals surface area contributed by atoms with Crippen molar-refractivity contribution in [2.45, 2.75) is 26.6 Å². The molecule has 0 amide bonds. The van der Waals surface area contributed by atoms with Crippen LogP contribution in [0.4, 0.5) is 3.89 Å². The number of benzene rings is 1. The summed E-state index contributed by atoms with van der Waals surface area (Å²) in [6.07, 6.45) is 0. The first-order valence-electron chi connectivity index (χ1n) is 5.94. The van der Waals surface area contributed by atoms with E-state index in [4.69, 9.17) is 5.11 Å². The predicted octanol–water partition coefficient (Wildman–Crippen LogP) is 2.52. The Kier molecular flexibility index (Phi) is 4.81. The van der Waals surface area contributed by atoms with Crippen molar-refractivity contribution in [2.24, 2.45) is 0 Å². The summed E-state index contributed by atoms with van der Waals surface area (Å²) >= 11 is 0. The zero-order valence-electron chi connectivity index (χ0n) is 12.0. The average Bonchev–Trinajstić information content (AvgIpc) is 2.26. The van der Waals surface area contributed by atoms with Crippen molar-refractivity contribution in [3.05, 3.63) is 28.8 Å². The fourth-order valence-electron chi connectivity index (χ4n) is 1.39. The molecule has 0 unspecified atom stereocenters. The number of aromatic carboxylic acids is 1. The lowest BCUT2D eigenvalue weighted by Crippen LogP contribution is -2.16. The van der Waals surface area contributed by atoms with E-state index in [2.05, 4.69) is 15.6 Å². The topological polar surface area (TPSA) is 80.7 Å². The van der Waals surface area contributed by atoms with E-state index in [0.717, 1.165) is 6.07 Å². The van der Waals surface area contributed by atoms with Crippen LogP contribution in [0.3, 0.4) is 0 Å². The first-order chi connectivity index (χ1) is 9.39. The van der Waals surface area contributed by atoms with Crippen LogP contribution in [0.1, 0.15) is 21.5 Å². The van der Waals surface area contributed by atoms with Gasteiger partial charge in [-0.1, -0.05) is 29.4 Å². The van der Waals surface area contributed by atoms with Crippen LogP contribution >= 0.6 is 0 Å². The monoisotopic (exact) mass is 330 g/mol. The third kappa shape index (κ3) is 5.57. The summed E-state index contributed by atoms with van der Waals surface area (Å²) < 4.78 is 38.0. The molecule has 5 nitrogen and oxygen atoms in total. The summed E-state index contributed by atoms with van der Waals surface area (Å²) in [6.45, 7) is 7.49. The number of halogens is 1. The van der Waals surface area contributed by atoms with Crippen LogP contribution in [0.25, 0.3) is 0 Å². The van der Waals surface area contributed by atoms with Gasteiger partial charge in [-0.15, -0.1) is 5.54 Å². The number of hydrogen-bond acceptors (Lipinski definition) is 4.